The van der Waals surface area contributed by atoms with Crippen molar-refractivity contribution in [3.63, 3.8) is 0 Å². The summed E-state index contributed by atoms with van der Waals surface area (Å²) in [6.07, 6.45) is 0. The van der Waals surface area contributed by atoms with Crippen LogP contribution < -0.4 is 0 Å². The van der Waals surface area contributed by atoms with Gasteiger partial charge in [-0.3, -0.25) is 0 Å². The minimum absolute atomic E-state index is 1.13. The summed E-state index contributed by atoms with van der Waals surface area (Å²) in [7, 11) is 0. The molecule has 0 aliphatic carbocycles. The Morgan fingerprint density at radius 3 is 1.07 bits per heavy atom. The zero-order valence-corrected chi connectivity index (χ0v) is 31.4. The van der Waals surface area contributed by atoms with Gasteiger partial charge in [-0.1, -0.05) is 127 Å². The standard InChI is InChI=1S/C54H34N4/c1-2-16-35(17-3-1)55-46-26-12-7-21-41(46)53-48(55)28-14-31-51(53)58-45-25-11-6-20-39(45)40-33-32-36(34-52(40)58)56-47-27-13-8-22-42(47)54-49(56)29-15-30-50(54)57-43-23-9-4-18-37(43)38-19-5-10-24-44(38)57/h1-34H. The van der Waals surface area contributed by atoms with E-state index in [-0.39, 0.29) is 0 Å². The van der Waals surface area contributed by atoms with Crippen LogP contribution in [-0.2, 0) is 0 Å². The zero-order chi connectivity index (χ0) is 37.9. The van der Waals surface area contributed by atoms with Crippen LogP contribution in [0.5, 0.6) is 0 Å². The Hall–Kier alpha value is -7.82. The minimum atomic E-state index is 1.13. The van der Waals surface area contributed by atoms with Crippen molar-refractivity contribution in [2.75, 3.05) is 0 Å². The summed E-state index contributed by atoms with van der Waals surface area (Å²) in [5.41, 5.74) is 14.2. The van der Waals surface area contributed by atoms with E-state index in [2.05, 4.69) is 225 Å². The van der Waals surface area contributed by atoms with Gasteiger partial charge in [0.1, 0.15) is 0 Å². The summed E-state index contributed by atoms with van der Waals surface area (Å²) in [5.74, 6) is 0. The third-order valence-electron chi connectivity index (χ3n) is 12.3. The Bertz CT molecular complexity index is 3740. The molecule has 0 fully saturated rings. The van der Waals surface area contributed by atoms with Gasteiger partial charge in [-0.05, 0) is 78.9 Å². The molecule has 0 atom stereocenters. The van der Waals surface area contributed by atoms with Crippen molar-refractivity contribution in [2.45, 2.75) is 0 Å². The molecule has 0 amide bonds. The van der Waals surface area contributed by atoms with Crippen LogP contribution in [-0.4, -0.2) is 18.3 Å². The molecule has 0 aliphatic rings. The average molecular weight is 739 g/mol. The van der Waals surface area contributed by atoms with Crippen molar-refractivity contribution < 1.29 is 0 Å². The maximum absolute atomic E-state index is 2.50. The second-order valence-corrected chi connectivity index (χ2v) is 15.3. The van der Waals surface area contributed by atoms with Gasteiger partial charge < -0.3 is 18.3 Å². The molecule has 0 spiro atoms. The second kappa shape index (κ2) is 11.8. The number of hydrogen-bond donors (Lipinski definition) is 0. The van der Waals surface area contributed by atoms with Crippen LogP contribution in [0, 0.1) is 0 Å². The Morgan fingerprint density at radius 2 is 0.569 bits per heavy atom. The molecule has 58 heavy (non-hydrogen) atoms. The normalized spacial score (nSPS) is 12.1. The Kier molecular flexibility index (Phi) is 6.41. The Morgan fingerprint density at radius 1 is 0.207 bits per heavy atom. The number of hydrogen-bond acceptors (Lipinski definition) is 0. The molecule has 0 unspecified atom stereocenters. The molecular formula is C54H34N4. The summed E-state index contributed by atoms with van der Waals surface area (Å²) < 4.78 is 9.82. The van der Waals surface area contributed by atoms with Crippen LogP contribution in [0.4, 0.5) is 0 Å². The molecule has 4 heteroatoms. The van der Waals surface area contributed by atoms with E-state index in [9.17, 15) is 0 Å². The molecule has 0 saturated heterocycles. The first-order valence-electron chi connectivity index (χ1n) is 20.0. The predicted molar refractivity (Wildman–Crippen MR) is 244 cm³/mol. The van der Waals surface area contributed by atoms with Crippen LogP contribution in [0.15, 0.2) is 206 Å². The molecule has 9 aromatic carbocycles. The fourth-order valence-corrected chi connectivity index (χ4v) is 10.0. The second-order valence-electron chi connectivity index (χ2n) is 15.3. The SMILES string of the molecule is c1ccc(-n2c3ccccc3c3c(-n4c5ccccc5c5ccc(-n6c7ccccc7c7c(-n8c9ccccc9c9ccccc98)cccc76)cc54)cccc32)cc1. The molecule has 13 rings (SSSR count). The predicted octanol–water partition coefficient (Wildman–Crippen LogP) is 14.1. The highest BCUT2D eigenvalue weighted by atomic mass is 15.0. The molecule has 0 radical (unpaired) electrons. The van der Waals surface area contributed by atoms with Crippen LogP contribution in [0.3, 0.4) is 0 Å². The average Bonchev–Trinajstić information content (AvgIpc) is 4.01. The van der Waals surface area contributed by atoms with Crippen molar-refractivity contribution in [3.05, 3.63) is 206 Å². The van der Waals surface area contributed by atoms with Crippen molar-refractivity contribution in [1.82, 2.24) is 18.3 Å². The van der Waals surface area contributed by atoms with Crippen molar-refractivity contribution in [3.8, 4) is 22.7 Å². The quantitative estimate of drug-likeness (QED) is 0.171. The number of aromatic nitrogens is 4. The highest BCUT2D eigenvalue weighted by molar-refractivity contribution is 6.19. The highest BCUT2D eigenvalue weighted by Gasteiger charge is 2.22. The van der Waals surface area contributed by atoms with E-state index in [1.54, 1.807) is 0 Å². The van der Waals surface area contributed by atoms with Crippen molar-refractivity contribution >= 4 is 87.2 Å². The molecular weight excluding hydrogens is 705 g/mol. The first-order chi connectivity index (χ1) is 28.8. The van der Waals surface area contributed by atoms with Crippen LogP contribution >= 0.6 is 0 Å². The minimum Gasteiger partial charge on any atom is -0.309 e. The van der Waals surface area contributed by atoms with Gasteiger partial charge >= 0.3 is 0 Å². The Balaban J connectivity index is 1.12. The van der Waals surface area contributed by atoms with Gasteiger partial charge in [0, 0.05) is 54.5 Å². The summed E-state index contributed by atoms with van der Waals surface area (Å²) in [4.78, 5) is 0. The largest absolute Gasteiger partial charge is 0.309 e. The van der Waals surface area contributed by atoms with E-state index in [4.69, 9.17) is 0 Å². The molecule has 4 heterocycles. The van der Waals surface area contributed by atoms with Crippen molar-refractivity contribution in [2.24, 2.45) is 0 Å². The summed E-state index contributed by atoms with van der Waals surface area (Å²) in [6, 6.07) is 75.4. The number of benzene rings is 9. The van der Waals surface area contributed by atoms with Gasteiger partial charge in [-0.2, -0.15) is 0 Å². The lowest BCUT2D eigenvalue weighted by atomic mass is 10.1. The summed E-state index contributed by atoms with van der Waals surface area (Å²) in [5, 5.41) is 9.94. The molecule has 270 valence electrons. The zero-order valence-electron chi connectivity index (χ0n) is 31.4. The van der Waals surface area contributed by atoms with Gasteiger partial charge in [-0.15, -0.1) is 0 Å². The lowest BCUT2D eigenvalue weighted by Gasteiger charge is -2.13. The first-order valence-corrected chi connectivity index (χ1v) is 20.0. The smallest absolute Gasteiger partial charge is 0.0562 e. The number of nitrogens with zero attached hydrogens (tertiary/aromatic N) is 4. The third kappa shape index (κ3) is 4.18. The number of para-hydroxylation sites is 6. The molecule has 13 aromatic rings. The molecule has 0 aliphatic heterocycles. The maximum atomic E-state index is 2.50. The fraction of sp³-hybridized carbons (Fsp3) is 0. The van der Waals surface area contributed by atoms with Crippen LogP contribution in [0.25, 0.3) is 110 Å². The van der Waals surface area contributed by atoms with Gasteiger partial charge in [-0.25, -0.2) is 0 Å². The molecule has 0 saturated carbocycles. The van der Waals surface area contributed by atoms with Crippen LogP contribution in [0.2, 0.25) is 0 Å². The summed E-state index contributed by atoms with van der Waals surface area (Å²) in [6.45, 7) is 0. The van der Waals surface area contributed by atoms with Gasteiger partial charge in [0.25, 0.3) is 0 Å². The number of fused-ring (bicyclic) bond motifs is 12. The molecule has 4 nitrogen and oxygen atoms in total. The maximum Gasteiger partial charge on any atom is 0.0562 e. The number of rotatable bonds is 4. The van der Waals surface area contributed by atoms with Crippen LogP contribution in [0.1, 0.15) is 0 Å². The third-order valence-corrected chi connectivity index (χ3v) is 12.3. The van der Waals surface area contributed by atoms with Crippen molar-refractivity contribution in [1.29, 1.82) is 0 Å². The van der Waals surface area contributed by atoms with E-state index in [0.717, 1.165) is 11.4 Å². The molecule has 0 N–H and O–H groups in total. The monoisotopic (exact) mass is 738 g/mol. The first kappa shape index (κ1) is 31.4. The van der Waals surface area contributed by atoms with Gasteiger partial charge in [0.2, 0.25) is 0 Å². The summed E-state index contributed by atoms with van der Waals surface area (Å²) >= 11 is 0. The highest BCUT2D eigenvalue weighted by Crippen LogP contribution is 2.43. The van der Waals surface area contributed by atoms with E-state index in [0.29, 0.717) is 0 Å². The van der Waals surface area contributed by atoms with E-state index < -0.39 is 0 Å². The van der Waals surface area contributed by atoms with E-state index in [1.165, 1.54) is 98.6 Å². The Labute approximate surface area is 333 Å². The molecule has 0 bridgehead atoms. The van der Waals surface area contributed by atoms with E-state index in [1.807, 2.05) is 0 Å². The fourth-order valence-electron chi connectivity index (χ4n) is 10.0. The van der Waals surface area contributed by atoms with Gasteiger partial charge in [0.15, 0.2) is 0 Å². The topological polar surface area (TPSA) is 19.7 Å². The van der Waals surface area contributed by atoms with E-state index >= 15 is 0 Å². The van der Waals surface area contributed by atoms with Gasteiger partial charge in [0.05, 0.1) is 55.5 Å². The lowest BCUT2D eigenvalue weighted by molar-refractivity contribution is 1.15. The molecule has 4 aromatic heterocycles. The lowest BCUT2D eigenvalue weighted by Crippen LogP contribution is -1.98.